The highest BCUT2D eigenvalue weighted by molar-refractivity contribution is 7.99. The number of methoxy groups -OCH3 is 2. The molecule has 2 N–H and O–H groups in total. The van der Waals surface area contributed by atoms with E-state index in [2.05, 4.69) is 17.4 Å². The van der Waals surface area contributed by atoms with Crippen molar-refractivity contribution in [3.63, 3.8) is 0 Å². The number of nitrogens with one attached hydrogen (secondary N) is 1. The lowest BCUT2D eigenvalue weighted by Crippen LogP contribution is -2.54. The molecule has 3 aromatic rings. The van der Waals surface area contributed by atoms with Crippen LogP contribution in [0.3, 0.4) is 0 Å². The van der Waals surface area contributed by atoms with Crippen molar-refractivity contribution in [3.8, 4) is 22.6 Å². The molecule has 0 spiro atoms. The summed E-state index contributed by atoms with van der Waals surface area (Å²) in [5, 5.41) is 12.1. The van der Waals surface area contributed by atoms with E-state index in [1.54, 1.807) is 32.0 Å². The summed E-state index contributed by atoms with van der Waals surface area (Å²) in [5.74, 6) is -0.847. The Balaban J connectivity index is 1.35. The van der Waals surface area contributed by atoms with Gasteiger partial charge in [-0.05, 0) is 40.3 Å². The summed E-state index contributed by atoms with van der Waals surface area (Å²) in [6.07, 6.45) is -0.735. The fourth-order valence-corrected chi connectivity index (χ4v) is 7.12. The maximum atomic E-state index is 14.0. The number of rotatable bonds is 9. The van der Waals surface area contributed by atoms with Crippen molar-refractivity contribution in [1.29, 1.82) is 0 Å². The maximum absolute atomic E-state index is 14.0. The Labute approximate surface area is 249 Å². The van der Waals surface area contributed by atoms with E-state index in [9.17, 15) is 19.5 Å². The van der Waals surface area contributed by atoms with Gasteiger partial charge >= 0.3 is 12.1 Å². The number of fused-ring (bicyclic) bond motifs is 3. The lowest BCUT2D eigenvalue weighted by Gasteiger charge is -2.33. The number of aliphatic carboxylic acids is 1. The lowest BCUT2D eigenvalue weighted by atomic mass is 9.98. The fourth-order valence-electron chi connectivity index (χ4n) is 5.67. The van der Waals surface area contributed by atoms with Crippen LogP contribution in [-0.4, -0.2) is 66.6 Å². The summed E-state index contributed by atoms with van der Waals surface area (Å²) < 4.78 is 16.6. The molecular weight excluding hydrogens is 556 g/mol. The van der Waals surface area contributed by atoms with Crippen molar-refractivity contribution in [2.75, 3.05) is 26.6 Å². The Kier molecular flexibility index (Phi) is 8.63. The molecule has 1 heterocycles. The zero-order valence-corrected chi connectivity index (χ0v) is 24.7. The molecule has 1 aliphatic carbocycles. The van der Waals surface area contributed by atoms with Crippen LogP contribution in [0.5, 0.6) is 11.5 Å². The van der Waals surface area contributed by atoms with Crippen molar-refractivity contribution in [1.82, 2.24) is 10.2 Å². The standard InChI is InChI=1S/C32H34N2O7S/c1-18(2)28(33-32(38)41-16-25-22-11-7-5-9-20(22)21-10-6-8-12-23(21)25)29(35)34-26(31(36)37)17-42-30(34)24-14-13-19(39-3)15-27(24)40-4/h5-15,18,25-26,28,30H,16-17H2,1-4H3,(H,33,38)(H,36,37)/t26-,28-,30?/m0/s1. The minimum Gasteiger partial charge on any atom is -0.497 e. The highest BCUT2D eigenvalue weighted by Crippen LogP contribution is 2.46. The van der Waals surface area contributed by atoms with E-state index in [0.717, 1.165) is 22.3 Å². The van der Waals surface area contributed by atoms with Crippen molar-refractivity contribution >= 4 is 29.7 Å². The number of hydrogen-bond acceptors (Lipinski definition) is 7. The summed E-state index contributed by atoms with van der Waals surface area (Å²) in [5.41, 5.74) is 5.03. The molecule has 1 aliphatic heterocycles. The van der Waals surface area contributed by atoms with Crippen LogP contribution >= 0.6 is 11.8 Å². The molecule has 220 valence electrons. The molecule has 9 nitrogen and oxygen atoms in total. The molecule has 3 aromatic carbocycles. The maximum Gasteiger partial charge on any atom is 0.407 e. The molecule has 0 saturated carbocycles. The molecule has 1 unspecified atom stereocenters. The van der Waals surface area contributed by atoms with Crippen LogP contribution < -0.4 is 14.8 Å². The Morgan fingerprint density at radius 3 is 2.17 bits per heavy atom. The van der Waals surface area contributed by atoms with Gasteiger partial charge in [0.05, 0.1) is 14.2 Å². The number of nitrogens with zero attached hydrogens (tertiary/aromatic N) is 1. The Morgan fingerprint density at radius 1 is 0.952 bits per heavy atom. The zero-order chi connectivity index (χ0) is 30.0. The minimum absolute atomic E-state index is 0.0991. The number of alkyl carbamates (subject to hydrolysis) is 1. The first kappa shape index (κ1) is 29.3. The van der Waals surface area contributed by atoms with Gasteiger partial charge in [0.2, 0.25) is 5.91 Å². The summed E-state index contributed by atoms with van der Waals surface area (Å²) in [4.78, 5) is 40.8. The monoisotopic (exact) mass is 590 g/mol. The average Bonchev–Trinajstić information content (AvgIpc) is 3.58. The second kappa shape index (κ2) is 12.4. The van der Waals surface area contributed by atoms with Gasteiger partial charge < -0.3 is 29.5 Å². The molecule has 1 fully saturated rings. The number of amides is 2. The quantitative estimate of drug-likeness (QED) is 0.345. The Morgan fingerprint density at radius 2 is 1.60 bits per heavy atom. The van der Waals surface area contributed by atoms with Gasteiger partial charge in [0, 0.05) is 23.3 Å². The Hall–Kier alpha value is -4.18. The molecule has 0 aromatic heterocycles. The van der Waals surface area contributed by atoms with E-state index in [1.807, 2.05) is 36.4 Å². The van der Waals surface area contributed by atoms with Crippen LogP contribution in [0.1, 0.15) is 41.8 Å². The van der Waals surface area contributed by atoms with Crippen LogP contribution in [-0.2, 0) is 14.3 Å². The first-order chi connectivity index (χ1) is 20.2. The van der Waals surface area contributed by atoms with Gasteiger partial charge in [-0.1, -0.05) is 62.4 Å². The number of carboxylic acid groups (broad SMARTS) is 1. The number of carbonyl (C=O) groups excluding carboxylic acids is 2. The number of hydrogen-bond donors (Lipinski definition) is 2. The van der Waals surface area contributed by atoms with Crippen molar-refractivity contribution in [3.05, 3.63) is 83.4 Å². The lowest BCUT2D eigenvalue weighted by molar-refractivity contribution is -0.150. The summed E-state index contributed by atoms with van der Waals surface area (Å²) in [7, 11) is 3.05. The third-order valence-electron chi connectivity index (χ3n) is 7.80. The van der Waals surface area contributed by atoms with E-state index in [1.165, 1.54) is 30.9 Å². The summed E-state index contributed by atoms with van der Waals surface area (Å²) in [6, 6.07) is 19.2. The molecule has 0 bridgehead atoms. The van der Waals surface area contributed by atoms with Gasteiger partial charge in [-0.3, -0.25) is 4.79 Å². The number of carboxylic acids is 1. The SMILES string of the molecule is COc1ccc(C2SC[C@@H](C(=O)O)N2C(=O)[C@@H](NC(=O)OCC2c3ccccc3-c3ccccc32)C(C)C)c(OC)c1. The molecule has 5 rings (SSSR count). The van der Waals surface area contributed by atoms with Crippen LogP contribution in [0, 0.1) is 5.92 Å². The second-order valence-corrected chi connectivity index (χ2v) is 11.7. The van der Waals surface area contributed by atoms with Gasteiger partial charge in [0.15, 0.2) is 0 Å². The third-order valence-corrected chi connectivity index (χ3v) is 9.10. The van der Waals surface area contributed by atoms with E-state index in [-0.39, 0.29) is 24.2 Å². The second-order valence-electron chi connectivity index (χ2n) is 10.6. The van der Waals surface area contributed by atoms with Gasteiger partial charge in [0.25, 0.3) is 0 Å². The molecule has 2 aliphatic rings. The zero-order valence-electron chi connectivity index (χ0n) is 23.9. The molecule has 10 heteroatoms. The van der Waals surface area contributed by atoms with Gasteiger partial charge in [-0.2, -0.15) is 0 Å². The number of benzene rings is 3. The largest absolute Gasteiger partial charge is 0.497 e. The molecule has 1 saturated heterocycles. The van der Waals surface area contributed by atoms with Crippen molar-refractivity contribution < 1.29 is 33.7 Å². The highest BCUT2D eigenvalue weighted by atomic mass is 32.2. The van der Waals surface area contributed by atoms with Crippen LogP contribution in [0.15, 0.2) is 66.7 Å². The van der Waals surface area contributed by atoms with Gasteiger partial charge in [-0.25, -0.2) is 9.59 Å². The normalized spacial score (nSPS) is 18.3. The fraction of sp³-hybridized carbons (Fsp3) is 0.344. The Bertz CT molecular complexity index is 1450. The number of thioether (sulfide) groups is 1. The first-order valence-corrected chi connectivity index (χ1v) is 14.8. The highest BCUT2D eigenvalue weighted by Gasteiger charge is 2.46. The van der Waals surface area contributed by atoms with Crippen molar-refractivity contribution in [2.45, 2.75) is 37.2 Å². The molecule has 42 heavy (non-hydrogen) atoms. The predicted molar refractivity (Wildman–Crippen MR) is 160 cm³/mol. The van der Waals surface area contributed by atoms with Crippen LogP contribution in [0.2, 0.25) is 0 Å². The number of ether oxygens (including phenoxy) is 3. The van der Waals surface area contributed by atoms with Crippen LogP contribution in [0.4, 0.5) is 4.79 Å². The van der Waals surface area contributed by atoms with E-state index < -0.39 is 35.4 Å². The number of carbonyl (C=O) groups is 3. The topological polar surface area (TPSA) is 114 Å². The summed E-state index contributed by atoms with van der Waals surface area (Å²) in [6.45, 7) is 3.70. The van der Waals surface area contributed by atoms with Gasteiger partial charge in [0.1, 0.15) is 35.6 Å². The predicted octanol–water partition coefficient (Wildman–Crippen LogP) is 5.29. The third kappa shape index (κ3) is 5.51. The summed E-state index contributed by atoms with van der Waals surface area (Å²) >= 11 is 1.33. The molecular formula is C32H34N2O7S. The molecule has 0 radical (unpaired) electrons. The first-order valence-electron chi connectivity index (χ1n) is 13.7. The van der Waals surface area contributed by atoms with E-state index >= 15 is 0 Å². The molecule has 3 atom stereocenters. The van der Waals surface area contributed by atoms with Crippen molar-refractivity contribution in [2.24, 2.45) is 5.92 Å². The van der Waals surface area contributed by atoms with Gasteiger partial charge in [-0.15, -0.1) is 11.8 Å². The van der Waals surface area contributed by atoms with E-state index in [0.29, 0.717) is 17.1 Å². The minimum atomic E-state index is -1.12. The van der Waals surface area contributed by atoms with Crippen LogP contribution in [0.25, 0.3) is 11.1 Å². The molecule has 2 amide bonds. The smallest absolute Gasteiger partial charge is 0.407 e. The average molecular weight is 591 g/mol. The van der Waals surface area contributed by atoms with E-state index in [4.69, 9.17) is 14.2 Å².